The molecule has 20 heavy (non-hydrogen) atoms. The molecule has 0 saturated carbocycles. The Morgan fingerprint density at radius 1 is 1.50 bits per heavy atom. The van der Waals surface area contributed by atoms with Gasteiger partial charge in [-0.2, -0.15) is 0 Å². The summed E-state index contributed by atoms with van der Waals surface area (Å²) >= 11 is 0. The molecule has 0 aromatic heterocycles. The first-order chi connectivity index (χ1) is 9.63. The number of halogens is 1. The molecule has 1 fully saturated rings. The van der Waals surface area contributed by atoms with Crippen molar-refractivity contribution >= 4 is 11.7 Å². The molecular weight excluding hydrogens is 259 g/mol. The van der Waals surface area contributed by atoms with E-state index in [-0.39, 0.29) is 29.7 Å². The predicted molar refractivity (Wildman–Crippen MR) is 74.3 cm³/mol. The zero-order valence-corrected chi connectivity index (χ0v) is 11.7. The van der Waals surface area contributed by atoms with Crippen molar-refractivity contribution < 1.29 is 13.9 Å². The summed E-state index contributed by atoms with van der Waals surface area (Å²) in [5.41, 5.74) is 1.68. The van der Waals surface area contributed by atoms with E-state index in [1.807, 2.05) is 7.05 Å². The number of hydrogen-bond donors (Lipinski definition) is 1. The Bertz CT molecular complexity index is 535. The normalized spacial score (nSPS) is 28.6. The molecule has 3 atom stereocenters. The SMILES string of the molecule is COC(=O)C1c2ccc(F)cc2N(C)C2CCNCC12. The van der Waals surface area contributed by atoms with Crippen LogP contribution in [0.5, 0.6) is 0 Å². The molecule has 3 unspecified atom stereocenters. The van der Waals surface area contributed by atoms with Crippen LogP contribution in [0.2, 0.25) is 0 Å². The average Bonchev–Trinajstić information content (AvgIpc) is 2.48. The van der Waals surface area contributed by atoms with Crippen LogP contribution >= 0.6 is 0 Å². The van der Waals surface area contributed by atoms with Crippen molar-refractivity contribution in [2.75, 3.05) is 32.1 Å². The molecule has 2 aliphatic heterocycles. The van der Waals surface area contributed by atoms with Crippen LogP contribution < -0.4 is 10.2 Å². The van der Waals surface area contributed by atoms with E-state index in [1.54, 1.807) is 6.07 Å². The summed E-state index contributed by atoms with van der Waals surface area (Å²) in [6.45, 7) is 1.70. The quantitative estimate of drug-likeness (QED) is 0.791. The van der Waals surface area contributed by atoms with Crippen molar-refractivity contribution in [1.29, 1.82) is 0 Å². The number of piperidine rings is 1. The molecule has 0 spiro atoms. The molecule has 0 radical (unpaired) electrons. The maximum Gasteiger partial charge on any atom is 0.313 e. The van der Waals surface area contributed by atoms with E-state index in [0.717, 1.165) is 30.8 Å². The Labute approximate surface area is 117 Å². The van der Waals surface area contributed by atoms with Gasteiger partial charge in [-0.3, -0.25) is 4.79 Å². The molecule has 0 bridgehead atoms. The zero-order valence-electron chi connectivity index (χ0n) is 11.7. The van der Waals surface area contributed by atoms with Gasteiger partial charge in [-0.25, -0.2) is 4.39 Å². The average molecular weight is 278 g/mol. The van der Waals surface area contributed by atoms with Crippen molar-refractivity contribution in [3.05, 3.63) is 29.6 Å². The highest BCUT2D eigenvalue weighted by Crippen LogP contribution is 2.43. The number of anilines is 1. The molecule has 0 amide bonds. The Balaban J connectivity index is 2.11. The third kappa shape index (κ3) is 1.97. The predicted octanol–water partition coefficient (Wildman–Crippen LogP) is 1.51. The number of nitrogens with one attached hydrogen (secondary N) is 1. The lowest BCUT2D eigenvalue weighted by molar-refractivity contribution is -0.144. The second-order valence-electron chi connectivity index (χ2n) is 5.54. The molecule has 4 nitrogen and oxygen atoms in total. The van der Waals surface area contributed by atoms with E-state index in [2.05, 4.69) is 10.2 Å². The second-order valence-corrected chi connectivity index (χ2v) is 5.54. The van der Waals surface area contributed by atoms with E-state index in [1.165, 1.54) is 19.2 Å². The number of benzene rings is 1. The van der Waals surface area contributed by atoms with E-state index >= 15 is 0 Å². The van der Waals surface area contributed by atoms with Gasteiger partial charge >= 0.3 is 5.97 Å². The van der Waals surface area contributed by atoms with Gasteiger partial charge in [0, 0.05) is 31.2 Å². The van der Waals surface area contributed by atoms with E-state index < -0.39 is 0 Å². The van der Waals surface area contributed by atoms with Gasteiger partial charge in [0.05, 0.1) is 13.0 Å². The van der Waals surface area contributed by atoms with E-state index in [9.17, 15) is 9.18 Å². The highest BCUT2D eigenvalue weighted by molar-refractivity contribution is 5.83. The highest BCUT2D eigenvalue weighted by Gasteiger charge is 2.44. The summed E-state index contributed by atoms with van der Waals surface area (Å²) in [5.74, 6) is -0.653. The molecule has 5 heteroatoms. The van der Waals surface area contributed by atoms with Crippen LogP contribution in [0, 0.1) is 11.7 Å². The number of carbonyl (C=O) groups excluding carboxylic acids is 1. The molecule has 1 aromatic rings. The molecule has 2 aliphatic rings. The fourth-order valence-corrected chi connectivity index (χ4v) is 3.61. The first-order valence-electron chi connectivity index (χ1n) is 6.94. The van der Waals surface area contributed by atoms with Crippen LogP contribution in [-0.4, -0.2) is 39.3 Å². The van der Waals surface area contributed by atoms with Gasteiger partial charge in [0.15, 0.2) is 0 Å². The van der Waals surface area contributed by atoms with E-state index in [0.29, 0.717) is 0 Å². The monoisotopic (exact) mass is 278 g/mol. The topological polar surface area (TPSA) is 41.6 Å². The lowest BCUT2D eigenvalue weighted by atomic mass is 9.74. The zero-order chi connectivity index (χ0) is 14.3. The van der Waals surface area contributed by atoms with Gasteiger partial charge in [0.2, 0.25) is 0 Å². The highest BCUT2D eigenvalue weighted by atomic mass is 19.1. The van der Waals surface area contributed by atoms with Crippen molar-refractivity contribution in [3.8, 4) is 0 Å². The van der Waals surface area contributed by atoms with Crippen LogP contribution in [0.1, 0.15) is 17.9 Å². The fourth-order valence-electron chi connectivity index (χ4n) is 3.61. The lowest BCUT2D eigenvalue weighted by Gasteiger charge is -2.47. The molecule has 0 aliphatic carbocycles. The smallest absolute Gasteiger partial charge is 0.313 e. The number of hydrogen-bond acceptors (Lipinski definition) is 4. The van der Waals surface area contributed by atoms with Gasteiger partial charge < -0.3 is 15.0 Å². The maximum absolute atomic E-state index is 13.5. The van der Waals surface area contributed by atoms with Crippen LogP contribution in [0.15, 0.2) is 18.2 Å². The summed E-state index contributed by atoms with van der Waals surface area (Å²) < 4.78 is 18.5. The minimum Gasteiger partial charge on any atom is -0.469 e. The third-order valence-electron chi connectivity index (χ3n) is 4.58. The van der Waals surface area contributed by atoms with Gasteiger partial charge in [-0.1, -0.05) is 6.07 Å². The third-order valence-corrected chi connectivity index (χ3v) is 4.58. The molecule has 3 rings (SSSR count). The van der Waals surface area contributed by atoms with Crippen LogP contribution in [-0.2, 0) is 9.53 Å². The minimum absolute atomic E-state index is 0.166. The summed E-state index contributed by atoms with van der Waals surface area (Å²) in [6, 6.07) is 4.89. The van der Waals surface area contributed by atoms with Crippen molar-refractivity contribution in [3.63, 3.8) is 0 Å². The Morgan fingerprint density at radius 2 is 2.30 bits per heavy atom. The molecular formula is C15H19FN2O2. The molecule has 2 heterocycles. The number of nitrogens with zero attached hydrogens (tertiary/aromatic N) is 1. The Kier molecular flexibility index (Phi) is 3.38. The maximum atomic E-state index is 13.5. The molecule has 1 aromatic carbocycles. The van der Waals surface area contributed by atoms with Crippen LogP contribution in [0.3, 0.4) is 0 Å². The lowest BCUT2D eigenvalue weighted by Crippen LogP contribution is -2.54. The number of carbonyl (C=O) groups is 1. The first kappa shape index (κ1) is 13.4. The number of esters is 1. The van der Waals surface area contributed by atoms with E-state index in [4.69, 9.17) is 4.74 Å². The van der Waals surface area contributed by atoms with Crippen molar-refractivity contribution in [1.82, 2.24) is 5.32 Å². The summed E-state index contributed by atoms with van der Waals surface area (Å²) in [4.78, 5) is 14.3. The van der Waals surface area contributed by atoms with Gasteiger partial charge in [-0.05, 0) is 30.7 Å². The number of rotatable bonds is 1. The van der Waals surface area contributed by atoms with Crippen LogP contribution in [0.4, 0.5) is 10.1 Å². The summed E-state index contributed by atoms with van der Waals surface area (Å²) in [5, 5.41) is 3.35. The largest absolute Gasteiger partial charge is 0.469 e. The van der Waals surface area contributed by atoms with Crippen LogP contribution in [0.25, 0.3) is 0 Å². The number of ether oxygens (including phenoxy) is 1. The van der Waals surface area contributed by atoms with Gasteiger partial charge in [0.1, 0.15) is 5.82 Å². The van der Waals surface area contributed by atoms with Gasteiger partial charge in [0.25, 0.3) is 0 Å². The second kappa shape index (κ2) is 5.05. The summed E-state index contributed by atoms with van der Waals surface area (Å²) in [7, 11) is 3.39. The Hall–Kier alpha value is -1.62. The first-order valence-corrected chi connectivity index (χ1v) is 6.94. The summed E-state index contributed by atoms with van der Waals surface area (Å²) in [6.07, 6.45) is 0.949. The fraction of sp³-hybridized carbons (Fsp3) is 0.533. The van der Waals surface area contributed by atoms with Crippen molar-refractivity contribution in [2.24, 2.45) is 5.92 Å². The van der Waals surface area contributed by atoms with Crippen molar-refractivity contribution in [2.45, 2.75) is 18.4 Å². The van der Waals surface area contributed by atoms with Gasteiger partial charge in [-0.15, -0.1) is 0 Å². The molecule has 108 valence electrons. The molecule has 1 N–H and O–H groups in total. The molecule has 1 saturated heterocycles. The Morgan fingerprint density at radius 3 is 3.05 bits per heavy atom. The standard InChI is InChI=1S/C15H19FN2O2/c1-18-12-5-6-17-8-11(12)14(15(19)20-2)10-4-3-9(16)7-13(10)18/h3-4,7,11-12,14,17H,5-6,8H2,1-2H3. The number of methoxy groups -OCH3 is 1. The number of fused-ring (bicyclic) bond motifs is 2. The minimum atomic E-state index is -0.315.